The summed E-state index contributed by atoms with van der Waals surface area (Å²) in [4.78, 5) is 12.0. The quantitative estimate of drug-likeness (QED) is 0.406. The molecule has 1 amide bonds. The molecule has 0 unspecified atom stereocenters. The van der Waals surface area contributed by atoms with Crippen molar-refractivity contribution in [2.24, 2.45) is 5.41 Å². The number of hydrogen-bond acceptors (Lipinski definition) is 5. The molecule has 0 aliphatic heterocycles. The van der Waals surface area contributed by atoms with Crippen molar-refractivity contribution >= 4 is 17.3 Å². The maximum atomic E-state index is 12.0. The van der Waals surface area contributed by atoms with E-state index in [-0.39, 0.29) is 11.7 Å². The summed E-state index contributed by atoms with van der Waals surface area (Å²) in [5, 5.41) is 23.4. The van der Waals surface area contributed by atoms with E-state index in [0.717, 1.165) is 0 Å². The molecule has 0 bridgehead atoms. The number of ether oxygens (including phenoxy) is 1. The average molecular weight is 384 g/mol. The monoisotopic (exact) mass is 384 g/mol. The number of aromatic hydroxyl groups is 1. The first-order valence-electron chi connectivity index (χ1n) is 9.11. The molecule has 6 heteroatoms. The first-order chi connectivity index (χ1) is 13.2. The van der Waals surface area contributed by atoms with Crippen LogP contribution >= 0.6 is 0 Å². The molecule has 2 rings (SSSR count). The Balaban J connectivity index is 1.91. The number of aliphatic hydroxyl groups excluding tert-OH is 1. The van der Waals surface area contributed by atoms with Gasteiger partial charge in [-0.3, -0.25) is 4.79 Å². The van der Waals surface area contributed by atoms with Gasteiger partial charge in [0.05, 0.1) is 24.6 Å². The second kappa shape index (κ2) is 9.28. The number of nitrogen functional groups attached to an aromatic ring is 1. The van der Waals surface area contributed by atoms with Crippen molar-refractivity contribution in [1.82, 2.24) is 0 Å². The second-order valence-electron chi connectivity index (χ2n) is 7.34. The van der Waals surface area contributed by atoms with Gasteiger partial charge < -0.3 is 26.0 Å². The topological polar surface area (TPSA) is 105 Å². The number of allylic oxidation sites excluding steroid dienone is 1. The number of nitrogens with one attached hydrogen (secondary N) is 1. The third-order valence-corrected chi connectivity index (χ3v) is 4.70. The van der Waals surface area contributed by atoms with E-state index in [4.69, 9.17) is 10.5 Å². The van der Waals surface area contributed by atoms with Gasteiger partial charge in [-0.15, -0.1) is 0 Å². The van der Waals surface area contributed by atoms with E-state index < -0.39 is 11.5 Å². The third kappa shape index (κ3) is 5.50. The minimum Gasteiger partial charge on any atom is -0.504 e. The zero-order chi connectivity index (χ0) is 20.7. The number of rotatable bonds is 8. The van der Waals surface area contributed by atoms with Crippen molar-refractivity contribution in [2.75, 3.05) is 18.2 Å². The van der Waals surface area contributed by atoms with Crippen molar-refractivity contribution in [3.8, 4) is 11.5 Å². The Bertz CT molecular complexity index is 846. The number of amides is 1. The lowest BCUT2D eigenvalue weighted by atomic mass is 9.79. The van der Waals surface area contributed by atoms with Crippen molar-refractivity contribution in [3.05, 3.63) is 60.2 Å². The van der Waals surface area contributed by atoms with Crippen LogP contribution < -0.4 is 15.8 Å². The maximum Gasteiger partial charge on any atom is 0.248 e. The molecule has 150 valence electrons. The summed E-state index contributed by atoms with van der Waals surface area (Å²) < 4.78 is 5.03. The molecule has 2 aromatic carbocycles. The lowest BCUT2D eigenvalue weighted by Crippen LogP contribution is -2.22. The molecule has 0 saturated heterocycles. The highest BCUT2D eigenvalue weighted by Crippen LogP contribution is 2.40. The minimum absolute atomic E-state index is 0.00778. The lowest BCUT2D eigenvalue weighted by molar-refractivity contribution is -0.111. The SMILES string of the molecule is COc1ccc([C@H](O)C(C)(C)CC/C=C/C(=O)Nc2ccccc2N)cc1O. The number of anilines is 2. The highest BCUT2D eigenvalue weighted by atomic mass is 16.5. The van der Waals surface area contributed by atoms with Crippen LogP contribution in [0.4, 0.5) is 11.4 Å². The van der Waals surface area contributed by atoms with Gasteiger partial charge in [-0.1, -0.05) is 38.1 Å². The number of carbonyl (C=O) groups excluding carboxylic acids is 1. The van der Waals surface area contributed by atoms with E-state index in [1.54, 1.807) is 42.5 Å². The summed E-state index contributed by atoms with van der Waals surface area (Å²) in [7, 11) is 1.48. The number of hydrogen-bond donors (Lipinski definition) is 4. The van der Waals surface area contributed by atoms with Gasteiger partial charge in [-0.25, -0.2) is 0 Å². The zero-order valence-electron chi connectivity index (χ0n) is 16.5. The summed E-state index contributed by atoms with van der Waals surface area (Å²) >= 11 is 0. The predicted molar refractivity (Wildman–Crippen MR) is 111 cm³/mol. The van der Waals surface area contributed by atoms with Gasteiger partial charge in [0.15, 0.2) is 11.5 Å². The van der Waals surface area contributed by atoms with Crippen LogP contribution in [0.1, 0.15) is 38.4 Å². The number of phenols is 1. The number of carbonyl (C=O) groups is 1. The first-order valence-corrected chi connectivity index (χ1v) is 9.11. The maximum absolute atomic E-state index is 12.0. The smallest absolute Gasteiger partial charge is 0.248 e. The van der Waals surface area contributed by atoms with Crippen molar-refractivity contribution in [3.63, 3.8) is 0 Å². The van der Waals surface area contributed by atoms with Crippen LogP contribution in [0.3, 0.4) is 0 Å². The molecule has 28 heavy (non-hydrogen) atoms. The van der Waals surface area contributed by atoms with Gasteiger partial charge >= 0.3 is 0 Å². The number of para-hydroxylation sites is 2. The average Bonchev–Trinajstić information content (AvgIpc) is 2.66. The molecule has 0 fully saturated rings. The van der Waals surface area contributed by atoms with Crippen molar-refractivity contribution < 1.29 is 19.7 Å². The van der Waals surface area contributed by atoms with Crippen LogP contribution in [0.25, 0.3) is 0 Å². The predicted octanol–water partition coefficient (Wildman–Crippen LogP) is 4.02. The third-order valence-electron chi connectivity index (χ3n) is 4.70. The molecule has 0 radical (unpaired) electrons. The van der Waals surface area contributed by atoms with Crippen molar-refractivity contribution in [2.45, 2.75) is 32.8 Å². The fraction of sp³-hybridized carbons (Fsp3) is 0.318. The molecule has 5 N–H and O–H groups in total. The summed E-state index contributed by atoms with van der Waals surface area (Å²) in [5.41, 5.74) is 7.06. The largest absolute Gasteiger partial charge is 0.504 e. The normalized spacial score (nSPS) is 12.7. The summed E-state index contributed by atoms with van der Waals surface area (Å²) in [6.07, 6.45) is 3.74. The van der Waals surface area contributed by atoms with E-state index in [1.807, 2.05) is 13.8 Å². The molecular formula is C22H28N2O4. The number of benzene rings is 2. The fourth-order valence-corrected chi connectivity index (χ4v) is 2.90. The van der Waals surface area contributed by atoms with Crippen molar-refractivity contribution in [1.29, 1.82) is 0 Å². The molecular weight excluding hydrogens is 356 g/mol. The van der Waals surface area contributed by atoms with E-state index in [1.165, 1.54) is 19.3 Å². The molecule has 0 aliphatic carbocycles. The zero-order valence-corrected chi connectivity index (χ0v) is 16.5. The van der Waals surface area contributed by atoms with Gasteiger partial charge in [0, 0.05) is 0 Å². The lowest BCUT2D eigenvalue weighted by Gasteiger charge is -2.30. The highest BCUT2D eigenvalue weighted by Gasteiger charge is 2.29. The molecule has 0 spiro atoms. The Morgan fingerprint density at radius 2 is 2.00 bits per heavy atom. The highest BCUT2D eigenvalue weighted by molar-refractivity contribution is 6.01. The van der Waals surface area contributed by atoms with Gasteiger partial charge in [0.25, 0.3) is 0 Å². The molecule has 6 nitrogen and oxygen atoms in total. The van der Waals surface area contributed by atoms with Crippen LogP contribution in [0.5, 0.6) is 11.5 Å². The number of methoxy groups -OCH3 is 1. The second-order valence-corrected chi connectivity index (χ2v) is 7.34. The summed E-state index contributed by atoms with van der Waals surface area (Å²) in [5.74, 6) is 0.102. The molecule has 0 saturated carbocycles. The van der Waals surface area contributed by atoms with Gasteiger partial charge in [0.1, 0.15) is 0 Å². The van der Waals surface area contributed by atoms with E-state index in [9.17, 15) is 15.0 Å². The van der Waals surface area contributed by atoms with E-state index in [2.05, 4.69) is 5.32 Å². The van der Waals surface area contributed by atoms with E-state index in [0.29, 0.717) is 35.5 Å². The van der Waals surface area contributed by atoms with Crippen LogP contribution in [-0.4, -0.2) is 23.2 Å². The van der Waals surface area contributed by atoms with Crippen LogP contribution in [0.2, 0.25) is 0 Å². The fourth-order valence-electron chi connectivity index (χ4n) is 2.90. The number of phenolic OH excluding ortho intramolecular Hbond substituents is 1. The van der Waals surface area contributed by atoms with Gasteiger partial charge in [-0.05, 0) is 54.2 Å². The minimum atomic E-state index is -0.768. The molecule has 2 aromatic rings. The Kier molecular flexibility index (Phi) is 7.06. The Labute approximate surface area is 165 Å². The van der Waals surface area contributed by atoms with Crippen LogP contribution in [0, 0.1) is 5.41 Å². The summed E-state index contributed by atoms with van der Waals surface area (Å²) in [6, 6.07) is 11.9. The standard InChI is InChI=1S/C22H28N2O4/c1-22(2,21(27)15-11-12-19(28-3)18(25)14-15)13-7-6-10-20(26)24-17-9-5-4-8-16(17)23/h4-6,8-12,14,21,25,27H,7,13,23H2,1-3H3,(H,24,26)/b10-6+/t21-/m0/s1. The molecule has 0 aliphatic rings. The van der Waals surface area contributed by atoms with Crippen LogP contribution in [0.15, 0.2) is 54.6 Å². The van der Waals surface area contributed by atoms with E-state index >= 15 is 0 Å². The van der Waals surface area contributed by atoms with Gasteiger partial charge in [0.2, 0.25) is 5.91 Å². The molecule has 1 atom stereocenters. The Morgan fingerprint density at radius 1 is 1.29 bits per heavy atom. The van der Waals surface area contributed by atoms with Gasteiger partial charge in [-0.2, -0.15) is 0 Å². The summed E-state index contributed by atoms with van der Waals surface area (Å²) in [6.45, 7) is 3.88. The molecule has 0 heterocycles. The van der Waals surface area contributed by atoms with Crippen LogP contribution in [-0.2, 0) is 4.79 Å². The first kappa shape index (κ1) is 21.3. The number of aliphatic hydroxyl groups is 1. The number of nitrogens with two attached hydrogens (primary N) is 1. The molecule has 0 aromatic heterocycles. The Morgan fingerprint density at radius 3 is 2.64 bits per heavy atom. The Hall–Kier alpha value is -2.99.